The van der Waals surface area contributed by atoms with Gasteiger partial charge in [0.15, 0.2) is 0 Å². The first-order valence-electron chi connectivity index (χ1n) is 9.43. The van der Waals surface area contributed by atoms with Crippen LogP contribution in [0.3, 0.4) is 0 Å². The second-order valence-corrected chi connectivity index (χ2v) is 7.05. The van der Waals surface area contributed by atoms with Crippen molar-refractivity contribution in [2.45, 2.75) is 26.3 Å². The highest BCUT2D eigenvalue weighted by Gasteiger charge is 2.36. The van der Waals surface area contributed by atoms with E-state index in [-0.39, 0.29) is 18.3 Å². The number of aromatic nitrogens is 1. The Bertz CT molecular complexity index is 867. The molecule has 2 N–H and O–H groups in total. The number of fused-ring (bicyclic) bond motifs is 2. The van der Waals surface area contributed by atoms with Gasteiger partial charge in [0.2, 0.25) is 5.91 Å². The molecular formula is C21H27N3O3. The minimum atomic E-state index is -0.250. The molecule has 6 heteroatoms. The summed E-state index contributed by atoms with van der Waals surface area (Å²) in [5.74, 6) is 0.210. The number of aromatic amines is 1. The maximum absolute atomic E-state index is 12.9. The van der Waals surface area contributed by atoms with Crippen molar-refractivity contribution in [1.29, 1.82) is 0 Å². The molecule has 0 saturated carbocycles. The summed E-state index contributed by atoms with van der Waals surface area (Å²) in [6, 6.07) is 6.82. The summed E-state index contributed by atoms with van der Waals surface area (Å²) in [6.45, 7) is 6.22. The minimum Gasteiger partial charge on any atom is -0.483 e. The molecule has 1 amide bonds. The molecule has 6 nitrogen and oxygen atoms in total. The van der Waals surface area contributed by atoms with Crippen LogP contribution in [-0.4, -0.2) is 65.0 Å². The van der Waals surface area contributed by atoms with Gasteiger partial charge in [0, 0.05) is 42.8 Å². The van der Waals surface area contributed by atoms with E-state index < -0.39 is 0 Å². The van der Waals surface area contributed by atoms with Gasteiger partial charge in [-0.3, -0.25) is 14.5 Å². The highest BCUT2D eigenvalue weighted by atomic mass is 16.3. The molecule has 0 unspecified atom stereocenters. The topological polar surface area (TPSA) is 76.6 Å². The van der Waals surface area contributed by atoms with Crippen molar-refractivity contribution < 1.29 is 14.7 Å². The first kappa shape index (κ1) is 19.2. The fourth-order valence-corrected chi connectivity index (χ4v) is 4.38. The van der Waals surface area contributed by atoms with Gasteiger partial charge in [-0.05, 0) is 50.1 Å². The molecule has 1 aromatic carbocycles. The zero-order valence-electron chi connectivity index (χ0n) is 16.1. The number of H-pyrrole nitrogens is 1. The van der Waals surface area contributed by atoms with Gasteiger partial charge in [-0.25, -0.2) is 0 Å². The highest BCUT2D eigenvalue weighted by molar-refractivity contribution is 5.99. The van der Waals surface area contributed by atoms with E-state index in [9.17, 15) is 4.79 Å². The number of carboxylic acid groups (broad SMARTS) is 1. The standard InChI is InChI=1S/C20H25N3O.CH2O2/c1-4-23(5-2)20(24)14-9-16-15-7-6-8-17-19(15)13(11-21-17)10-18(16)22(3)12-14;2-1-3/h6-9,11,14,18,21H,4-5,10,12H2,1-3H3;1H,(H,2,3)/t14-,18-;/m1./s1. The monoisotopic (exact) mass is 369 g/mol. The number of amides is 1. The number of nitrogens with one attached hydrogen (secondary N) is 1. The van der Waals surface area contributed by atoms with Crippen LogP contribution in [-0.2, 0) is 16.0 Å². The molecule has 1 aliphatic heterocycles. The van der Waals surface area contributed by atoms with E-state index in [0.717, 1.165) is 26.1 Å². The van der Waals surface area contributed by atoms with Crippen molar-refractivity contribution in [2.75, 3.05) is 26.7 Å². The van der Waals surface area contributed by atoms with Crippen LogP contribution in [0.2, 0.25) is 0 Å². The summed E-state index contributed by atoms with van der Waals surface area (Å²) in [5, 5.41) is 8.23. The van der Waals surface area contributed by atoms with Crippen LogP contribution in [0, 0.1) is 5.92 Å². The van der Waals surface area contributed by atoms with Gasteiger partial charge in [-0.15, -0.1) is 0 Å². The molecule has 144 valence electrons. The number of hydrogen-bond acceptors (Lipinski definition) is 3. The summed E-state index contributed by atoms with van der Waals surface area (Å²) >= 11 is 0. The van der Waals surface area contributed by atoms with Gasteiger partial charge in [-0.1, -0.05) is 18.2 Å². The molecule has 4 rings (SSSR count). The van der Waals surface area contributed by atoms with E-state index in [1.54, 1.807) is 0 Å². The van der Waals surface area contributed by atoms with Crippen LogP contribution in [0.25, 0.3) is 16.5 Å². The smallest absolute Gasteiger partial charge is 0.290 e. The van der Waals surface area contributed by atoms with Gasteiger partial charge in [0.25, 0.3) is 6.47 Å². The normalized spacial score (nSPS) is 20.9. The maximum atomic E-state index is 12.9. The van der Waals surface area contributed by atoms with E-state index in [1.165, 1.54) is 27.6 Å². The summed E-state index contributed by atoms with van der Waals surface area (Å²) in [7, 11) is 2.15. The SMILES string of the molecule is CCN(CC)C(=O)[C@@H]1C=C2c3cccc4[nH]cc(c34)C[C@H]2N(C)C1.O=CO. The molecule has 0 radical (unpaired) electrons. The van der Waals surface area contributed by atoms with E-state index in [0.29, 0.717) is 6.04 Å². The number of benzene rings is 1. The molecule has 0 bridgehead atoms. The summed E-state index contributed by atoms with van der Waals surface area (Å²) in [4.78, 5) is 28.9. The summed E-state index contributed by atoms with van der Waals surface area (Å²) < 4.78 is 0. The van der Waals surface area contributed by atoms with Crippen LogP contribution in [0.4, 0.5) is 0 Å². The third-order valence-corrected chi connectivity index (χ3v) is 5.66. The Balaban J connectivity index is 0.000000659. The van der Waals surface area contributed by atoms with E-state index >= 15 is 0 Å². The summed E-state index contributed by atoms with van der Waals surface area (Å²) in [6.07, 6.45) is 5.41. The Morgan fingerprint density at radius 1 is 1.37 bits per heavy atom. The summed E-state index contributed by atoms with van der Waals surface area (Å²) in [5.41, 5.74) is 5.21. The van der Waals surface area contributed by atoms with Gasteiger partial charge in [-0.2, -0.15) is 0 Å². The molecule has 2 heterocycles. The van der Waals surface area contributed by atoms with Crippen molar-refractivity contribution >= 4 is 28.9 Å². The Kier molecular flexibility index (Phi) is 5.65. The average molecular weight is 369 g/mol. The molecule has 1 aliphatic carbocycles. The van der Waals surface area contributed by atoms with Crippen LogP contribution in [0.1, 0.15) is 25.0 Å². The van der Waals surface area contributed by atoms with E-state index in [4.69, 9.17) is 9.90 Å². The van der Waals surface area contributed by atoms with Gasteiger partial charge >= 0.3 is 0 Å². The van der Waals surface area contributed by atoms with Crippen LogP contribution < -0.4 is 0 Å². The second kappa shape index (κ2) is 7.96. The van der Waals surface area contributed by atoms with Gasteiger partial charge in [0.05, 0.1) is 5.92 Å². The predicted molar refractivity (Wildman–Crippen MR) is 107 cm³/mol. The molecule has 1 aromatic heterocycles. The van der Waals surface area contributed by atoms with E-state index in [2.05, 4.69) is 61.3 Å². The quantitative estimate of drug-likeness (QED) is 0.816. The zero-order valence-corrected chi connectivity index (χ0v) is 16.1. The lowest BCUT2D eigenvalue weighted by atomic mass is 9.79. The van der Waals surface area contributed by atoms with Crippen molar-refractivity contribution in [3.05, 3.63) is 41.6 Å². The number of likely N-dealkylation sites (N-methyl/N-ethyl adjacent to an activating group) is 1. The van der Waals surface area contributed by atoms with Crippen molar-refractivity contribution in [2.24, 2.45) is 5.92 Å². The van der Waals surface area contributed by atoms with Crippen molar-refractivity contribution in [3.8, 4) is 0 Å². The fraction of sp³-hybridized carbons (Fsp3) is 0.429. The van der Waals surface area contributed by atoms with Crippen molar-refractivity contribution in [3.63, 3.8) is 0 Å². The molecule has 2 aliphatic rings. The Hall–Kier alpha value is -2.60. The van der Waals surface area contributed by atoms with Crippen LogP contribution in [0.15, 0.2) is 30.5 Å². The Morgan fingerprint density at radius 3 is 2.74 bits per heavy atom. The third kappa shape index (κ3) is 3.37. The van der Waals surface area contributed by atoms with E-state index in [1.807, 2.05) is 4.90 Å². The largest absolute Gasteiger partial charge is 0.483 e. The third-order valence-electron chi connectivity index (χ3n) is 5.66. The fourth-order valence-electron chi connectivity index (χ4n) is 4.38. The highest BCUT2D eigenvalue weighted by Crippen LogP contribution is 2.40. The second-order valence-electron chi connectivity index (χ2n) is 7.05. The zero-order chi connectivity index (χ0) is 19.6. The molecule has 0 spiro atoms. The lowest BCUT2D eigenvalue weighted by Crippen LogP contribution is -2.47. The Labute approximate surface area is 159 Å². The molecular weight excluding hydrogens is 342 g/mol. The van der Waals surface area contributed by atoms with Gasteiger partial charge in [0.1, 0.15) is 0 Å². The number of carbonyl (C=O) groups is 2. The molecule has 27 heavy (non-hydrogen) atoms. The maximum Gasteiger partial charge on any atom is 0.290 e. The molecule has 2 aromatic rings. The lowest BCUT2D eigenvalue weighted by Gasteiger charge is -2.40. The first-order chi connectivity index (χ1) is 13.0. The number of nitrogens with zero attached hydrogens (tertiary/aromatic N) is 2. The number of carbonyl (C=O) groups excluding carboxylic acids is 1. The predicted octanol–water partition coefficient (Wildman–Crippen LogP) is 2.61. The molecule has 2 atom stereocenters. The molecule has 0 fully saturated rings. The number of hydrogen-bond donors (Lipinski definition) is 2. The Morgan fingerprint density at radius 2 is 2.07 bits per heavy atom. The minimum absolute atomic E-state index is 0.0445. The first-order valence-corrected chi connectivity index (χ1v) is 9.43. The lowest BCUT2D eigenvalue weighted by molar-refractivity contribution is -0.134. The van der Waals surface area contributed by atoms with Crippen LogP contribution in [0.5, 0.6) is 0 Å². The van der Waals surface area contributed by atoms with Crippen LogP contribution >= 0.6 is 0 Å². The molecule has 0 saturated heterocycles. The van der Waals surface area contributed by atoms with Crippen molar-refractivity contribution in [1.82, 2.24) is 14.8 Å². The number of rotatable bonds is 3. The van der Waals surface area contributed by atoms with Gasteiger partial charge < -0.3 is 15.0 Å². The average Bonchev–Trinajstić information content (AvgIpc) is 3.08.